The molecule has 0 spiro atoms. The SMILES string of the molecule is CCCn1cc(CC2(C)CCC(=O)N2)cn1. The summed E-state index contributed by atoms with van der Waals surface area (Å²) in [6.07, 6.45) is 7.53. The lowest BCUT2D eigenvalue weighted by Gasteiger charge is -2.22. The molecule has 0 aliphatic carbocycles. The predicted octanol–water partition coefficient (Wildman–Crippen LogP) is 1.50. The van der Waals surface area contributed by atoms with E-state index in [0.29, 0.717) is 6.42 Å². The number of carbonyl (C=O) groups is 1. The van der Waals surface area contributed by atoms with Crippen LogP contribution in [0.3, 0.4) is 0 Å². The maximum atomic E-state index is 11.2. The Morgan fingerprint density at radius 1 is 1.62 bits per heavy atom. The van der Waals surface area contributed by atoms with Crippen molar-refractivity contribution in [2.24, 2.45) is 0 Å². The highest BCUT2D eigenvalue weighted by Gasteiger charge is 2.33. The largest absolute Gasteiger partial charge is 0.351 e. The zero-order chi connectivity index (χ0) is 11.6. The molecule has 1 unspecified atom stereocenters. The van der Waals surface area contributed by atoms with Crippen molar-refractivity contribution < 1.29 is 4.79 Å². The van der Waals surface area contributed by atoms with Gasteiger partial charge in [0, 0.05) is 24.7 Å². The van der Waals surface area contributed by atoms with Gasteiger partial charge in [-0.3, -0.25) is 9.48 Å². The molecule has 2 rings (SSSR count). The van der Waals surface area contributed by atoms with Gasteiger partial charge in [0.1, 0.15) is 0 Å². The Labute approximate surface area is 96.0 Å². The third-order valence-electron chi connectivity index (χ3n) is 3.08. The van der Waals surface area contributed by atoms with Crippen LogP contribution in [0.1, 0.15) is 38.7 Å². The molecule has 4 heteroatoms. The quantitative estimate of drug-likeness (QED) is 0.837. The second-order valence-corrected chi connectivity index (χ2v) is 4.90. The van der Waals surface area contributed by atoms with E-state index in [4.69, 9.17) is 0 Å². The van der Waals surface area contributed by atoms with Crippen LogP contribution in [0.2, 0.25) is 0 Å². The van der Waals surface area contributed by atoms with Crippen molar-refractivity contribution in [3.05, 3.63) is 18.0 Å². The number of nitrogens with zero attached hydrogens (tertiary/aromatic N) is 2. The summed E-state index contributed by atoms with van der Waals surface area (Å²) in [5.74, 6) is 0.170. The standard InChI is InChI=1S/C12H19N3O/c1-3-6-15-9-10(8-13-15)7-12(2)5-4-11(16)14-12/h8-9H,3-7H2,1-2H3,(H,14,16). The summed E-state index contributed by atoms with van der Waals surface area (Å²) >= 11 is 0. The van der Waals surface area contributed by atoms with Gasteiger partial charge in [0.05, 0.1) is 6.20 Å². The predicted molar refractivity (Wildman–Crippen MR) is 62.0 cm³/mol. The zero-order valence-corrected chi connectivity index (χ0v) is 9.99. The highest BCUT2D eigenvalue weighted by molar-refractivity contribution is 5.79. The fourth-order valence-corrected chi connectivity index (χ4v) is 2.28. The molecule has 1 aliphatic heterocycles. The molecular formula is C12H19N3O. The lowest BCUT2D eigenvalue weighted by atomic mass is 9.93. The van der Waals surface area contributed by atoms with Gasteiger partial charge < -0.3 is 5.32 Å². The number of rotatable bonds is 4. The lowest BCUT2D eigenvalue weighted by Crippen LogP contribution is -2.40. The maximum absolute atomic E-state index is 11.2. The Balaban J connectivity index is 2.00. The molecule has 1 saturated heterocycles. The highest BCUT2D eigenvalue weighted by Crippen LogP contribution is 2.23. The van der Waals surface area contributed by atoms with Crippen LogP contribution in [0.25, 0.3) is 0 Å². The van der Waals surface area contributed by atoms with Crippen LogP contribution < -0.4 is 5.32 Å². The third kappa shape index (κ3) is 2.43. The fourth-order valence-electron chi connectivity index (χ4n) is 2.28. The van der Waals surface area contributed by atoms with Crippen molar-refractivity contribution in [1.29, 1.82) is 0 Å². The monoisotopic (exact) mass is 221 g/mol. The lowest BCUT2D eigenvalue weighted by molar-refractivity contribution is -0.119. The van der Waals surface area contributed by atoms with Crippen molar-refractivity contribution in [3.8, 4) is 0 Å². The minimum Gasteiger partial charge on any atom is -0.351 e. The molecule has 1 aromatic heterocycles. The van der Waals surface area contributed by atoms with Gasteiger partial charge in [-0.05, 0) is 31.7 Å². The van der Waals surface area contributed by atoms with E-state index in [0.717, 1.165) is 25.8 Å². The number of aromatic nitrogens is 2. The molecule has 0 bridgehead atoms. The minimum atomic E-state index is -0.0723. The average Bonchev–Trinajstić information content (AvgIpc) is 2.75. The summed E-state index contributed by atoms with van der Waals surface area (Å²) < 4.78 is 1.97. The molecular weight excluding hydrogens is 202 g/mol. The Morgan fingerprint density at radius 2 is 2.44 bits per heavy atom. The van der Waals surface area contributed by atoms with E-state index in [-0.39, 0.29) is 11.4 Å². The van der Waals surface area contributed by atoms with E-state index in [1.165, 1.54) is 5.56 Å². The number of nitrogens with one attached hydrogen (secondary N) is 1. The van der Waals surface area contributed by atoms with Crippen LogP contribution in [0, 0.1) is 0 Å². The molecule has 1 aliphatic rings. The second-order valence-electron chi connectivity index (χ2n) is 4.90. The topological polar surface area (TPSA) is 46.9 Å². The Hall–Kier alpha value is -1.32. The minimum absolute atomic E-state index is 0.0723. The maximum Gasteiger partial charge on any atom is 0.220 e. The van der Waals surface area contributed by atoms with Gasteiger partial charge in [-0.2, -0.15) is 5.10 Å². The second kappa shape index (κ2) is 4.28. The van der Waals surface area contributed by atoms with E-state index in [1.54, 1.807) is 0 Å². The van der Waals surface area contributed by atoms with Crippen molar-refractivity contribution in [2.75, 3.05) is 0 Å². The molecule has 1 aromatic rings. The highest BCUT2D eigenvalue weighted by atomic mass is 16.2. The van der Waals surface area contributed by atoms with Crippen molar-refractivity contribution >= 4 is 5.91 Å². The molecule has 0 aromatic carbocycles. The average molecular weight is 221 g/mol. The summed E-state index contributed by atoms with van der Waals surface area (Å²) in [4.78, 5) is 11.2. The number of amides is 1. The molecule has 88 valence electrons. The Morgan fingerprint density at radius 3 is 3.06 bits per heavy atom. The molecule has 4 nitrogen and oxygen atoms in total. The van der Waals surface area contributed by atoms with Gasteiger partial charge in [-0.25, -0.2) is 0 Å². The summed E-state index contributed by atoms with van der Waals surface area (Å²) in [6, 6.07) is 0. The smallest absolute Gasteiger partial charge is 0.220 e. The number of carbonyl (C=O) groups excluding carboxylic acids is 1. The Kier molecular flexibility index (Phi) is 2.99. The van der Waals surface area contributed by atoms with Crippen LogP contribution in [-0.2, 0) is 17.8 Å². The van der Waals surface area contributed by atoms with E-state index in [1.807, 2.05) is 10.9 Å². The first-order chi connectivity index (χ1) is 7.61. The van der Waals surface area contributed by atoms with Gasteiger partial charge in [-0.15, -0.1) is 0 Å². The van der Waals surface area contributed by atoms with Crippen LogP contribution in [-0.4, -0.2) is 21.2 Å². The number of hydrogen-bond acceptors (Lipinski definition) is 2. The summed E-state index contributed by atoms with van der Waals surface area (Å²) in [5, 5.41) is 7.35. The molecule has 1 atom stereocenters. The van der Waals surface area contributed by atoms with Crippen LogP contribution in [0.4, 0.5) is 0 Å². The number of hydrogen-bond donors (Lipinski definition) is 1. The van der Waals surface area contributed by atoms with Gasteiger partial charge in [0.15, 0.2) is 0 Å². The fraction of sp³-hybridized carbons (Fsp3) is 0.667. The first-order valence-electron chi connectivity index (χ1n) is 5.94. The molecule has 16 heavy (non-hydrogen) atoms. The van der Waals surface area contributed by atoms with Gasteiger partial charge in [0.2, 0.25) is 5.91 Å². The first-order valence-corrected chi connectivity index (χ1v) is 5.94. The number of aryl methyl sites for hydroxylation is 1. The summed E-state index contributed by atoms with van der Waals surface area (Å²) in [5.41, 5.74) is 1.13. The van der Waals surface area contributed by atoms with Crippen LogP contribution in [0.15, 0.2) is 12.4 Å². The van der Waals surface area contributed by atoms with Crippen molar-refractivity contribution in [3.63, 3.8) is 0 Å². The first kappa shape index (κ1) is 11.2. The summed E-state index contributed by atoms with van der Waals surface area (Å²) in [7, 11) is 0. The van der Waals surface area contributed by atoms with Gasteiger partial charge in [0.25, 0.3) is 0 Å². The molecule has 1 amide bonds. The summed E-state index contributed by atoms with van der Waals surface area (Å²) in [6.45, 7) is 5.21. The van der Waals surface area contributed by atoms with E-state index >= 15 is 0 Å². The molecule has 0 radical (unpaired) electrons. The normalized spacial score (nSPS) is 24.8. The molecule has 1 fully saturated rings. The third-order valence-corrected chi connectivity index (χ3v) is 3.08. The van der Waals surface area contributed by atoms with Gasteiger partial charge >= 0.3 is 0 Å². The van der Waals surface area contributed by atoms with Crippen LogP contribution >= 0.6 is 0 Å². The zero-order valence-electron chi connectivity index (χ0n) is 9.99. The van der Waals surface area contributed by atoms with E-state index < -0.39 is 0 Å². The van der Waals surface area contributed by atoms with Crippen molar-refractivity contribution in [2.45, 2.75) is 51.6 Å². The molecule has 1 N–H and O–H groups in total. The molecule has 2 heterocycles. The van der Waals surface area contributed by atoms with Crippen molar-refractivity contribution in [1.82, 2.24) is 15.1 Å². The van der Waals surface area contributed by atoms with E-state index in [2.05, 4.69) is 30.5 Å². The van der Waals surface area contributed by atoms with Crippen LogP contribution in [0.5, 0.6) is 0 Å². The van der Waals surface area contributed by atoms with E-state index in [9.17, 15) is 4.79 Å². The molecule has 0 saturated carbocycles. The Bertz CT molecular complexity index is 385. The van der Waals surface area contributed by atoms with Gasteiger partial charge in [-0.1, -0.05) is 6.92 Å².